The van der Waals surface area contributed by atoms with Crippen LogP contribution in [0.25, 0.3) is 0 Å². The van der Waals surface area contributed by atoms with Crippen molar-refractivity contribution < 1.29 is 18.0 Å². The Morgan fingerprint density at radius 3 is 2.78 bits per heavy atom. The predicted octanol–water partition coefficient (Wildman–Crippen LogP) is 3.78. The van der Waals surface area contributed by atoms with E-state index in [1.807, 2.05) is 0 Å². The number of hydrogen-bond donors (Lipinski definition) is 0. The fourth-order valence-electron chi connectivity index (χ4n) is 2.94. The summed E-state index contributed by atoms with van der Waals surface area (Å²) in [7, 11) is 0. The quantitative estimate of drug-likeness (QED) is 0.862. The van der Waals surface area contributed by atoms with E-state index < -0.39 is 12.5 Å². The Labute approximate surface area is 131 Å². The molecular formula is C16H16F3N3O. The molecule has 1 aromatic heterocycles. The molecule has 0 spiro atoms. The average molecular weight is 323 g/mol. The Morgan fingerprint density at radius 1 is 1.26 bits per heavy atom. The van der Waals surface area contributed by atoms with Gasteiger partial charge in [-0.2, -0.15) is 13.9 Å². The smallest absolute Gasteiger partial charge is 0.330 e. The van der Waals surface area contributed by atoms with Crippen LogP contribution in [0.1, 0.15) is 47.9 Å². The lowest BCUT2D eigenvalue weighted by atomic mass is 9.95. The van der Waals surface area contributed by atoms with Gasteiger partial charge in [0.2, 0.25) is 0 Å². The maximum absolute atomic E-state index is 13.5. The van der Waals surface area contributed by atoms with E-state index in [4.69, 9.17) is 0 Å². The van der Waals surface area contributed by atoms with Crippen molar-refractivity contribution in [2.24, 2.45) is 0 Å². The first-order valence-electron chi connectivity index (χ1n) is 7.46. The lowest BCUT2D eigenvalue weighted by Gasteiger charge is -2.35. The number of amides is 1. The summed E-state index contributed by atoms with van der Waals surface area (Å²) in [6.07, 6.45) is 3.55. The van der Waals surface area contributed by atoms with Crippen LogP contribution >= 0.6 is 0 Å². The summed E-state index contributed by atoms with van der Waals surface area (Å²) < 4.78 is 39.1. The lowest BCUT2D eigenvalue weighted by Crippen LogP contribution is -2.38. The number of hydrogen-bond acceptors (Lipinski definition) is 2. The van der Waals surface area contributed by atoms with Gasteiger partial charge in [-0.25, -0.2) is 9.07 Å². The highest BCUT2D eigenvalue weighted by Gasteiger charge is 2.30. The van der Waals surface area contributed by atoms with Gasteiger partial charge in [0.05, 0.1) is 6.04 Å². The van der Waals surface area contributed by atoms with Crippen LogP contribution in [0.5, 0.6) is 0 Å². The summed E-state index contributed by atoms with van der Waals surface area (Å²) in [5.41, 5.74) is 0.694. The summed E-state index contributed by atoms with van der Waals surface area (Å²) in [6.45, 7) is -2.28. The molecule has 1 amide bonds. The highest BCUT2D eigenvalue weighted by atomic mass is 19.3. The van der Waals surface area contributed by atoms with Gasteiger partial charge < -0.3 is 4.90 Å². The van der Waals surface area contributed by atoms with Gasteiger partial charge in [0.25, 0.3) is 5.91 Å². The first kappa shape index (κ1) is 15.6. The normalized spacial score (nSPS) is 18.4. The molecule has 0 N–H and O–H groups in total. The van der Waals surface area contributed by atoms with E-state index in [1.165, 1.54) is 18.2 Å². The molecule has 0 radical (unpaired) electrons. The summed E-state index contributed by atoms with van der Waals surface area (Å²) in [6, 6.07) is 7.16. The summed E-state index contributed by atoms with van der Waals surface area (Å²) in [5.74, 6) is -0.763. The third-order valence-corrected chi connectivity index (χ3v) is 4.02. The fraction of sp³-hybridized carbons (Fsp3) is 0.375. The highest BCUT2D eigenvalue weighted by Crippen LogP contribution is 2.32. The minimum atomic E-state index is -2.78. The number of alkyl halides is 2. The lowest BCUT2D eigenvalue weighted by molar-refractivity contribution is 0.0527. The summed E-state index contributed by atoms with van der Waals surface area (Å²) >= 11 is 0. The van der Waals surface area contributed by atoms with E-state index in [0.717, 1.165) is 19.0 Å². The van der Waals surface area contributed by atoms with Gasteiger partial charge in [-0.15, -0.1) is 0 Å². The number of likely N-dealkylation sites (tertiary alicyclic amines) is 1. The highest BCUT2D eigenvalue weighted by molar-refractivity contribution is 5.92. The molecule has 1 aliphatic rings. The van der Waals surface area contributed by atoms with Crippen LogP contribution in [0, 0.1) is 5.82 Å². The van der Waals surface area contributed by atoms with Crippen molar-refractivity contribution in [3.05, 3.63) is 53.6 Å². The fourth-order valence-corrected chi connectivity index (χ4v) is 2.94. The zero-order valence-corrected chi connectivity index (χ0v) is 12.3. The molecule has 0 saturated carbocycles. The first-order chi connectivity index (χ1) is 11.1. The van der Waals surface area contributed by atoms with Crippen LogP contribution in [0.2, 0.25) is 0 Å². The molecule has 122 valence electrons. The number of halogens is 3. The molecule has 23 heavy (non-hydrogen) atoms. The van der Waals surface area contributed by atoms with Gasteiger partial charge in [-0.05, 0) is 43.0 Å². The van der Waals surface area contributed by atoms with Gasteiger partial charge in [-0.1, -0.05) is 12.1 Å². The van der Waals surface area contributed by atoms with E-state index >= 15 is 0 Å². The molecule has 1 saturated heterocycles. The molecule has 3 rings (SSSR count). The molecule has 1 atom stereocenters. The number of rotatable bonds is 3. The topological polar surface area (TPSA) is 38.1 Å². The van der Waals surface area contributed by atoms with Crippen molar-refractivity contribution >= 4 is 5.91 Å². The second-order valence-corrected chi connectivity index (χ2v) is 5.52. The minimum Gasteiger partial charge on any atom is -0.330 e. The van der Waals surface area contributed by atoms with Gasteiger partial charge >= 0.3 is 6.55 Å². The van der Waals surface area contributed by atoms with Crippen LogP contribution in [-0.2, 0) is 0 Å². The molecule has 2 heterocycles. The maximum Gasteiger partial charge on any atom is 0.333 e. The second-order valence-electron chi connectivity index (χ2n) is 5.52. The minimum absolute atomic E-state index is 0.0198. The number of piperidine rings is 1. The molecule has 0 bridgehead atoms. The van der Waals surface area contributed by atoms with Crippen molar-refractivity contribution in [3.8, 4) is 0 Å². The van der Waals surface area contributed by atoms with E-state index in [9.17, 15) is 18.0 Å². The van der Waals surface area contributed by atoms with Crippen LogP contribution < -0.4 is 0 Å². The average Bonchev–Trinajstić information content (AvgIpc) is 3.04. The molecule has 1 aromatic carbocycles. The van der Waals surface area contributed by atoms with Crippen molar-refractivity contribution in [3.63, 3.8) is 0 Å². The maximum atomic E-state index is 13.5. The van der Waals surface area contributed by atoms with Gasteiger partial charge in [0.1, 0.15) is 5.82 Å². The largest absolute Gasteiger partial charge is 0.333 e. The predicted molar refractivity (Wildman–Crippen MR) is 77.5 cm³/mol. The Hall–Kier alpha value is -2.31. The number of benzene rings is 1. The first-order valence-corrected chi connectivity index (χ1v) is 7.46. The van der Waals surface area contributed by atoms with Gasteiger partial charge in [0, 0.05) is 12.7 Å². The Kier molecular flexibility index (Phi) is 4.36. The standard InChI is InChI=1S/C16H16F3N3O/c17-12-5-3-4-11(10-12)14-6-1-2-8-21(14)15(23)13-7-9-22(20-13)16(18)19/h3-5,7,9-10,14,16H,1-2,6,8H2/t14-/m0/s1. The van der Waals surface area contributed by atoms with E-state index in [0.29, 0.717) is 23.2 Å². The molecule has 2 aromatic rings. The van der Waals surface area contributed by atoms with Crippen LogP contribution in [-0.4, -0.2) is 27.1 Å². The molecule has 0 aliphatic carbocycles. The molecule has 7 heteroatoms. The van der Waals surface area contributed by atoms with Crippen molar-refractivity contribution in [1.29, 1.82) is 0 Å². The summed E-state index contributed by atoms with van der Waals surface area (Å²) in [5, 5.41) is 3.63. The monoisotopic (exact) mass is 323 g/mol. The third-order valence-electron chi connectivity index (χ3n) is 4.02. The summed E-state index contributed by atoms with van der Waals surface area (Å²) in [4.78, 5) is 14.2. The molecule has 4 nitrogen and oxygen atoms in total. The van der Waals surface area contributed by atoms with Crippen molar-refractivity contribution in [2.45, 2.75) is 31.9 Å². The molecule has 1 fully saturated rings. The molecule has 0 unspecified atom stereocenters. The number of carbonyl (C=O) groups excluding carboxylic acids is 1. The third kappa shape index (κ3) is 3.23. The zero-order valence-electron chi connectivity index (χ0n) is 12.3. The van der Waals surface area contributed by atoms with Crippen LogP contribution in [0.3, 0.4) is 0 Å². The van der Waals surface area contributed by atoms with Crippen molar-refractivity contribution in [2.75, 3.05) is 6.54 Å². The van der Waals surface area contributed by atoms with Gasteiger partial charge in [-0.3, -0.25) is 4.79 Å². The van der Waals surface area contributed by atoms with Crippen molar-refractivity contribution in [1.82, 2.24) is 14.7 Å². The Morgan fingerprint density at radius 2 is 2.09 bits per heavy atom. The van der Waals surface area contributed by atoms with E-state index in [1.54, 1.807) is 17.0 Å². The Balaban J connectivity index is 1.87. The number of aromatic nitrogens is 2. The van der Waals surface area contributed by atoms with Crippen LogP contribution in [0.4, 0.5) is 13.2 Å². The van der Waals surface area contributed by atoms with E-state index in [-0.39, 0.29) is 17.6 Å². The molecular weight excluding hydrogens is 307 g/mol. The Bertz CT molecular complexity index is 701. The van der Waals surface area contributed by atoms with Crippen LogP contribution in [0.15, 0.2) is 36.5 Å². The number of nitrogens with zero attached hydrogens (tertiary/aromatic N) is 3. The second kappa shape index (κ2) is 6.44. The molecule has 1 aliphatic heterocycles. The SMILES string of the molecule is O=C(c1ccn(C(F)F)n1)N1CCCC[C@H]1c1cccc(F)c1. The number of carbonyl (C=O) groups is 1. The van der Waals surface area contributed by atoms with E-state index in [2.05, 4.69) is 5.10 Å². The zero-order chi connectivity index (χ0) is 16.4. The van der Waals surface area contributed by atoms with Gasteiger partial charge in [0.15, 0.2) is 5.69 Å².